The molecule has 3 aromatic rings. The van der Waals surface area contributed by atoms with Crippen LogP contribution < -0.4 is 5.73 Å². The van der Waals surface area contributed by atoms with Gasteiger partial charge in [-0.2, -0.15) is 5.10 Å². The van der Waals surface area contributed by atoms with Gasteiger partial charge < -0.3 is 10.3 Å². The van der Waals surface area contributed by atoms with Gasteiger partial charge in [0.25, 0.3) is 0 Å². The third-order valence-corrected chi connectivity index (χ3v) is 3.36. The second kappa shape index (κ2) is 5.09. The average molecular weight is 282 g/mol. The summed E-state index contributed by atoms with van der Waals surface area (Å²) in [4.78, 5) is 0. The van der Waals surface area contributed by atoms with Crippen molar-refractivity contribution in [3.8, 4) is 22.7 Å². The van der Waals surface area contributed by atoms with E-state index in [0.29, 0.717) is 11.5 Å². The number of nitrogens with zero attached hydrogens (tertiary/aromatic N) is 3. The predicted octanol–water partition coefficient (Wildman–Crippen LogP) is 3.68. The van der Waals surface area contributed by atoms with Gasteiger partial charge in [0.15, 0.2) is 5.76 Å². The van der Waals surface area contributed by atoms with Gasteiger partial charge in [-0.15, -0.1) is 0 Å². The topological polar surface area (TPSA) is 69.9 Å². The van der Waals surface area contributed by atoms with Crippen molar-refractivity contribution in [2.24, 2.45) is 0 Å². The van der Waals surface area contributed by atoms with Crippen LogP contribution in [0.15, 0.2) is 40.9 Å². The van der Waals surface area contributed by atoms with Crippen LogP contribution in [0.25, 0.3) is 22.7 Å². The summed E-state index contributed by atoms with van der Waals surface area (Å²) in [5.74, 6) is 1.35. The molecular weight excluding hydrogens is 264 g/mol. The minimum Gasteiger partial charge on any atom is -0.384 e. The Kier molecular flexibility index (Phi) is 3.25. The Labute approximate surface area is 123 Å². The maximum absolute atomic E-state index is 5.96. The first-order chi connectivity index (χ1) is 10.0. The Balaban J connectivity index is 1.94. The van der Waals surface area contributed by atoms with E-state index in [2.05, 4.69) is 17.2 Å². The molecule has 0 spiro atoms. The maximum atomic E-state index is 5.96. The van der Waals surface area contributed by atoms with Gasteiger partial charge in [0.05, 0.1) is 0 Å². The van der Waals surface area contributed by atoms with Crippen LogP contribution >= 0.6 is 0 Å². The summed E-state index contributed by atoms with van der Waals surface area (Å²) in [6, 6.07) is 12.0. The van der Waals surface area contributed by atoms with Crippen molar-refractivity contribution < 1.29 is 4.52 Å². The largest absolute Gasteiger partial charge is 0.384 e. The number of aromatic nitrogens is 3. The number of aryl methyl sites for hydroxylation is 1. The lowest BCUT2D eigenvalue weighted by molar-refractivity contribution is 0.434. The van der Waals surface area contributed by atoms with Gasteiger partial charge in [-0.1, -0.05) is 35.0 Å². The van der Waals surface area contributed by atoms with Gasteiger partial charge in [0.2, 0.25) is 0 Å². The number of nitrogen functional groups attached to an aromatic ring is 1. The van der Waals surface area contributed by atoms with E-state index in [1.165, 1.54) is 5.56 Å². The first-order valence-corrected chi connectivity index (χ1v) is 6.94. The Morgan fingerprint density at radius 3 is 2.43 bits per heavy atom. The van der Waals surface area contributed by atoms with Crippen LogP contribution in [0, 0.1) is 6.92 Å². The van der Waals surface area contributed by atoms with Gasteiger partial charge >= 0.3 is 0 Å². The zero-order valence-corrected chi connectivity index (χ0v) is 12.4. The van der Waals surface area contributed by atoms with E-state index >= 15 is 0 Å². The molecule has 2 aromatic heterocycles. The van der Waals surface area contributed by atoms with Crippen LogP contribution in [-0.4, -0.2) is 14.9 Å². The minimum atomic E-state index is 0.210. The lowest BCUT2D eigenvalue weighted by Crippen LogP contribution is -2.06. The molecule has 0 radical (unpaired) electrons. The molecular formula is C16H18N4O. The SMILES string of the molecule is Cc1ccc(-c2cc(-c3cc(N)n(C(C)C)n3)no2)cc1. The summed E-state index contributed by atoms with van der Waals surface area (Å²) in [6.45, 7) is 6.12. The van der Waals surface area contributed by atoms with E-state index in [4.69, 9.17) is 10.3 Å². The van der Waals surface area contributed by atoms with Crippen LogP contribution in [0.3, 0.4) is 0 Å². The molecule has 108 valence electrons. The third-order valence-electron chi connectivity index (χ3n) is 3.36. The van der Waals surface area contributed by atoms with Crippen molar-refractivity contribution in [3.63, 3.8) is 0 Å². The number of nitrogens with two attached hydrogens (primary N) is 1. The fraction of sp³-hybridized carbons (Fsp3) is 0.250. The molecule has 0 amide bonds. The van der Waals surface area contributed by atoms with E-state index < -0.39 is 0 Å². The Morgan fingerprint density at radius 2 is 1.81 bits per heavy atom. The van der Waals surface area contributed by atoms with Crippen molar-refractivity contribution in [1.29, 1.82) is 0 Å². The molecule has 0 atom stereocenters. The zero-order chi connectivity index (χ0) is 15.0. The molecule has 0 bridgehead atoms. The molecule has 0 unspecified atom stereocenters. The van der Waals surface area contributed by atoms with Crippen molar-refractivity contribution in [3.05, 3.63) is 42.0 Å². The Bertz CT molecular complexity index is 753. The number of anilines is 1. The summed E-state index contributed by atoms with van der Waals surface area (Å²) in [7, 11) is 0. The predicted molar refractivity (Wildman–Crippen MR) is 82.7 cm³/mol. The zero-order valence-electron chi connectivity index (χ0n) is 12.4. The molecule has 0 aliphatic carbocycles. The Hall–Kier alpha value is -2.56. The number of benzene rings is 1. The highest BCUT2D eigenvalue weighted by Gasteiger charge is 2.14. The standard InChI is InChI=1S/C16H18N4O/c1-10(2)20-16(17)9-13(18-20)14-8-15(21-19-14)12-6-4-11(3)5-7-12/h4-10H,17H2,1-3H3. The van der Waals surface area contributed by atoms with Gasteiger partial charge in [-0.25, -0.2) is 4.68 Å². The smallest absolute Gasteiger partial charge is 0.167 e. The second-order valence-corrected chi connectivity index (χ2v) is 5.44. The fourth-order valence-corrected chi connectivity index (χ4v) is 2.20. The highest BCUT2D eigenvalue weighted by atomic mass is 16.5. The number of hydrogen-bond acceptors (Lipinski definition) is 4. The molecule has 0 saturated carbocycles. The van der Waals surface area contributed by atoms with Gasteiger partial charge in [0, 0.05) is 23.7 Å². The van der Waals surface area contributed by atoms with Crippen LogP contribution in [0.4, 0.5) is 5.82 Å². The second-order valence-electron chi connectivity index (χ2n) is 5.44. The lowest BCUT2D eigenvalue weighted by Gasteiger charge is -2.06. The quantitative estimate of drug-likeness (QED) is 0.795. The molecule has 0 aliphatic heterocycles. The van der Waals surface area contributed by atoms with Crippen LogP contribution in [-0.2, 0) is 0 Å². The normalized spacial score (nSPS) is 11.2. The summed E-state index contributed by atoms with van der Waals surface area (Å²) >= 11 is 0. The number of rotatable bonds is 3. The first kappa shape index (κ1) is 13.4. The molecule has 0 saturated heterocycles. The van der Waals surface area contributed by atoms with E-state index in [1.807, 2.05) is 50.2 Å². The maximum Gasteiger partial charge on any atom is 0.167 e. The van der Waals surface area contributed by atoms with Gasteiger partial charge in [-0.05, 0) is 20.8 Å². The third kappa shape index (κ3) is 2.54. The summed E-state index contributed by atoms with van der Waals surface area (Å²) in [5, 5.41) is 8.56. The van der Waals surface area contributed by atoms with Crippen molar-refractivity contribution >= 4 is 5.82 Å². The van der Waals surface area contributed by atoms with E-state index in [0.717, 1.165) is 17.0 Å². The van der Waals surface area contributed by atoms with Gasteiger partial charge in [0.1, 0.15) is 17.2 Å². The molecule has 5 heteroatoms. The molecule has 0 aliphatic rings. The first-order valence-electron chi connectivity index (χ1n) is 6.94. The summed E-state index contributed by atoms with van der Waals surface area (Å²) in [6.07, 6.45) is 0. The van der Waals surface area contributed by atoms with E-state index in [9.17, 15) is 0 Å². The Morgan fingerprint density at radius 1 is 1.10 bits per heavy atom. The molecule has 21 heavy (non-hydrogen) atoms. The van der Waals surface area contributed by atoms with Crippen LogP contribution in [0.1, 0.15) is 25.5 Å². The molecule has 1 aromatic carbocycles. The van der Waals surface area contributed by atoms with Crippen LogP contribution in [0.5, 0.6) is 0 Å². The molecule has 2 N–H and O–H groups in total. The highest BCUT2D eigenvalue weighted by Crippen LogP contribution is 2.27. The summed E-state index contributed by atoms with van der Waals surface area (Å²) < 4.78 is 7.19. The van der Waals surface area contributed by atoms with Crippen molar-refractivity contribution in [1.82, 2.24) is 14.9 Å². The lowest BCUT2D eigenvalue weighted by atomic mass is 10.1. The van der Waals surface area contributed by atoms with Crippen LogP contribution in [0.2, 0.25) is 0 Å². The highest BCUT2D eigenvalue weighted by molar-refractivity contribution is 5.66. The van der Waals surface area contributed by atoms with E-state index in [1.54, 1.807) is 4.68 Å². The molecule has 0 fully saturated rings. The monoisotopic (exact) mass is 282 g/mol. The molecule has 3 rings (SSSR count). The fourth-order valence-electron chi connectivity index (χ4n) is 2.20. The van der Waals surface area contributed by atoms with Gasteiger partial charge in [-0.3, -0.25) is 0 Å². The average Bonchev–Trinajstić information content (AvgIpc) is 3.06. The van der Waals surface area contributed by atoms with E-state index in [-0.39, 0.29) is 6.04 Å². The molecule has 5 nitrogen and oxygen atoms in total. The van der Waals surface area contributed by atoms with Crippen molar-refractivity contribution in [2.45, 2.75) is 26.8 Å². The van der Waals surface area contributed by atoms with Crippen molar-refractivity contribution in [2.75, 3.05) is 5.73 Å². The summed E-state index contributed by atoms with van der Waals surface area (Å²) in [5.41, 5.74) is 9.58. The number of hydrogen-bond donors (Lipinski definition) is 1. The molecule has 2 heterocycles. The minimum absolute atomic E-state index is 0.210.